The number of rotatable bonds is 5. The molecule has 0 fully saturated rings. The number of nitrogens with zero attached hydrogens (tertiary/aromatic N) is 5. The average Bonchev–Trinajstić information content (AvgIpc) is 3.31. The molecular formula is C55H33N5. The Balaban J connectivity index is 1.16. The van der Waals surface area contributed by atoms with Crippen molar-refractivity contribution < 1.29 is 0 Å². The monoisotopic (exact) mass is 763 g/mol. The Morgan fingerprint density at radius 1 is 0.250 bits per heavy atom. The van der Waals surface area contributed by atoms with Gasteiger partial charge in [-0.2, -0.15) is 0 Å². The first kappa shape index (κ1) is 33.9. The molecule has 9 aromatic carbocycles. The van der Waals surface area contributed by atoms with E-state index in [1.165, 1.54) is 43.1 Å². The molecule has 0 unspecified atom stereocenters. The van der Waals surface area contributed by atoms with Crippen molar-refractivity contribution in [3.8, 4) is 56.4 Å². The van der Waals surface area contributed by atoms with E-state index < -0.39 is 0 Å². The van der Waals surface area contributed by atoms with Crippen LogP contribution in [0.5, 0.6) is 0 Å². The summed E-state index contributed by atoms with van der Waals surface area (Å²) in [6, 6.07) is 66.6. The van der Waals surface area contributed by atoms with E-state index in [0.717, 1.165) is 60.8 Å². The van der Waals surface area contributed by atoms with Crippen LogP contribution in [0.1, 0.15) is 0 Å². The third-order valence-corrected chi connectivity index (χ3v) is 11.7. The SMILES string of the molecule is c1ccc2cc3c(-c4cc(-c5nc(-c6cccc7ncccc67)nc(-c6cccc7ncccc67)n5)cc(-c5cccc6cc7ccccc7cc56)c4)cccc3cc2c1. The molecule has 5 heteroatoms. The van der Waals surface area contributed by atoms with Gasteiger partial charge in [-0.3, -0.25) is 9.97 Å². The number of fused-ring (bicyclic) bond motifs is 6. The van der Waals surface area contributed by atoms with Crippen LogP contribution in [0.15, 0.2) is 200 Å². The summed E-state index contributed by atoms with van der Waals surface area (Å²) in [5.41, 5.74) is 8.86. The Labute approximate surface area is 345 Å². The molecule has 0 atom stereocenters. The predicted molar refractivity (Wildman–Crippen MR) is 248 cm³/mol. The maximum atomic E-state index is 5.34. The molecule has 0 saturated carbocycles. The Morgan fingerprint density at radius 2 is 0.650 bits per heavy atom. The summed E-state index contributed by atoms with van der Waals surface area (Å²) in [6.45, 7) is 0. The fraction of sp³-hybridized carbons (Fsp3) is 0. The van der Waals surface area contributed by atoms with Gasteiger partial charge in [0.1, 0.15) is 0 Å². The molecule has 0 N–H and O–H groups in total. The fourth-order valence-corrected chi connectivity index (χ4v) is 8.85. The largest absolute Gasteiger partial charge is 0.256 e. The smallest absolute Gasteiger partial charge is 0.164 e. The summed E-state index contributed by atoms with van der Waals surface area (Å²) in [5, 5.41) is 11.5. The zero-order valence-corrected chi connectivity index (χ0v) is 32.3. The molecule has 3 heterocycles. The van der Waals surface area contributed by atoms with Gasteiger partial charge in [-0.05, 0) is 132 Å². The predicted octanol–water partition coefficient (Wildman–Crippen LogP) is 13.9. The van der Waals surface area contributed by atoms with E-state index in [-0.39, 0.29) is 0 Å². The van der Waals surface area contributed by atoms with Crippen molar-refractivity contribution in [1.29, 1.82) is 0 Å². The highest BCUT2D eigenvalue weighted by atomic mass is 15.0. The molecule has 0 aliphatic heterocycles. The van der Waals surface area contributed by atoms with Gasteiger partial charge in [0, 0.05) is 39.9 Å². The minimum Gasteiger partial charge on any atom is -0.256 e. The maximum absolute atomic E-state index is 5.34. The van der Waals surface area contributed by atoms with Gasteiger partial charge in [0.25, 0.3) is 0 Å². The van der Waals surface area contributed by atoms with E-state index in [1.807, 2.05) is 48.8 Å². The van der Waals surface area contributed by atoms with Gasteiger partial charge in [0.2, 0.25) is 0 Å². The lowest BCUT2D eigenvalue weighted by atomic mass is 9.90. The maximum Gasteiger partial charge on any atom is 0.164 e. The standard InChI is InChI=1S/C55H33N5/c1-3-13-36-32-49-38(27-34(36)11-1)15-5-17-43(49)40-29-41(44-18-6-16-39-28-35-12-2-4-14-37(35)33-50(39)44)31-42(30-40)53-58-54(47-19-7-23-51-45(47)21-9-25-56-51)60-55(59-53)48-20-8-24-52-46(48)22-10-26-57-52/h1-33H. The summed E-state index contributed by atoms with van der Waals surface area (Å²) in [5.74, 6) is 1.74. The Hall–Kier alpha value is -8.15. The van der Waals surface area contributed by atoms with E-state index in [4.69, 9.17) is 15.0 Å². The lowest BCUT2D eigenvalue weighted by molar-refractivity contribution is 1.08. The summed E-state index contributed by atoms with van der Waals surface area (Å²) >= 11 is 0. The Bertz CT molecular complexity index is 3440. The lowest BCUT2D eigenvalue weighted by Crippen LogP contribution is -2.01. The van der Waals surface area contributed by atoms with E-state index in [2.05, 4.69) is 162 Å². The van der Waals surface area contributed by atoms with Crippen LogP contribution in [0.2, 0.25) is 0 Å². The second-order valence-electron chi connectivity index (χ2n) is 15.3. The van der Waals surface area contributed by atoms with Gasteiger partial charge >= 0.3 is 0 Å². The van der Waals surface area contributed by atoms with Crippen LogP contribution in [0.4, 0.5) is 0 Å². The van der Waals surface area contributed by atoms with Crippen LogP contribution in [0.25, 0.3) is 121 Å². The van der Waals surface area contributed by atoms with Crippen molar-refractivity contribution in [3.05, 3.63) is 200 Å². The van der Waals surface area contributed by atoms with Gasteiger partial charge in [0.05, 0.1) is 11.0 Å². The van der Waals surface area contributed by atoms with Crippen LogP contribution in [-0.4, -0.2) is 24.9 Å². The van der Waals surface area contributed by atoms with Crippen molar-refractivity contribution in [3.63, 3.8) is 0 Å². The van der Waals surface area contributed by atoms with E-state index in [0.29, 0.717) is 17.5 Å². The zero-order chi connectivity index (χ0) is 39.6. The molecular weight excluding hydrogens is 731 g/mol. The molecule has 0 spiro atoms. The topological polar surface area (TPSA) is 64.5 Å². The minimum absolute atomic E-state index is 0.578. The van der Waals surface area contributed by atoms with Crippen molar-refractivity contribution >= 4 is 64.9 Å². The van der Waals surface area contributed by atoms with E-state index in [9.17, 15) is 0 Å². The molecule has 0 amide bonds. The summed E-state index contributed by atoms with van der Waals surface area (Å²) in [7, 11) is 0. The van der Waals surface area contributed by atoms with Crippen LogP contribution in [0, 0.1) is 0 Å². The van der Waals surface area contributed by atoms with E-state index in [1.54, 1.807) is 0 Å². The quantitative estimate of drug-likeness (QED) is 0.163. The number of hydrogen-bond donors (Lipinski definition) is 0. The zero-order valence-electron chi connectivity index (χ0n) is 32.3. The number of benzene rings is 9. The van der Waals surface area contributed by atoms with Gasteiger partial charge in [-0.1, -0.05) is 121 Å². The highest BCUT2D eigenvalue weighted by molar-refractivity contribution is 6.08. The van der Waals surface area contributed by atoms with Gasteiger partial charge < -0.3 is 0 Å². The first-order valence-electron chi connectivity index (χ1n) is 20.1. The molecule has 3 aromatic heterocycles. The summed E-state index contributed by atoms with van der Waals surface area (Å²) < 4.78 is 0. The van der Waals surface area contributed by atoms with Crippen LogP contribution in [0.3, 0.4) is 0 Å². The Morgan fingerprint density at radius 3 is 1.15 bits per heavy atom. The molecule has 5 nitrogen and oxygen atoms in total. The number of aromatic nitrogens is 5. The third kappa shape index (κ3) is 5.75. The molecule has 60 heavy (non-hydrogen) atoms. The first-order chi connectivity index (χ1) is 29.7. The van der Waals surface area contributed by atoms with Gasteiger partial charge in [-0.25, -0.2) is 15.0 Å². The van der Waals surface area contributed by atoms with Crippen molar-refractivity contribution in [2.24, 2.45) is 0 Å². The molecule has 0 saturated heterocycles. The van der Waals surface area contributed by atoms with Crippen LogP contribution in [-0.2, 0) is 0 Å². The summed E-state index contributed by atoms with van der Waals surface area (Å²) in [6.07, 6.45) is 3.64. The molecule has 12 aromatic rings. The van der Waals surface area contributed by atoms with E-state index >= 15 is 0 Å². The number of pyridine rings is 2. The molecule has 0 radical (unpaired) electrons. The van der Waals surface area contributed by atoms with Crippen LogP contribution < -0.4 is 0 Å². The van der Waals surface area contributed by atoms with Crippen molar-refractivity contribution in [1.82, 2.24) is 24.9 Å². The fourth-order valence-electron chi connectivity index (χ4n) is 8.85. The lowest BCUT2D eigenvalue weighted by Gasteiger charge is -2.16. The minimum atomic E-state index is 0.578. The molecule has 278 valence electrons. The molecule has 0 aliphatic rings. The van der Waals surface area contributed by atoms with Gasteiger partial charge in [0.15, 0.2) is 17.5 Å². The third-order valence-electron chi connectivity index (χ3n) is 11.7. The second kappa shape index (κ2) is 13.8. The second-order valence-corrected chi connectivity index (χ2v) is 15.3. The number of hydrogen-bond acceptors (Lipinski definition) is 5. The van der Waals surface area contributed by atoms with Crippen LogP contribution >= 0.6 is 0 Å². The normalized spacial score (nSPS) is 11.7. The summed E-state index contributed by atoms with van der Waals surface area (Å²) in [4.78, 5) is 25.2. The van der Waals surface area contributed by atoms with Crippen molar-refractivity contribution in [2.45, 2.75) is 0 Å². The first-order valence-corrected chi connectivity index (χ1v) is 20.1. The highest BCUT2D eigenvalue weighted by Crippen LogP contribution is 2.40. The Kier molecular flexibility index (Phi) is 7.78. The van der Waals surface area contributed by atoms with Gasteiger partial charge in [-0.15, -0.1) is 0 Å². The van der Waals surface area contributed by atoms with Crippen molar-refractivity contribution in [2.75, 3.05) is 0 Å². The molecule has 0 aliphatic carbocycles. The molecule has 0 bridgehead atoms. The highest BCUT2D eigenvalue weighted by Gasteiger charge is 2.19. The molecule has 12 rings (SSSR count). The average molecular weight is 764 g/mol.